The minimum absolute atomic E-state index is 0.00452. The van der Waals surface area contributed by atoms with Crippen molar-refractivity contribution in [3.63, 3.8) is 0 Å². The molecule has 0 radical (unpaired) electrons. The molecule has 2 aromatic rings. The van der Waals surface area contributed by atoms with E-state index in [9.17, 15) is 9.59 Å². The van der Waals surface area contributed by atoms with Crippen molar-refractivity contribution in [3.05, 3.63) is 59.7 Å². The molecular weight excluding hydrogens is 330 g/mol. The highest BCUT2D eigenvalue weighted by Crippen LogP contribution is 2.31. The number of carbonyl (C=O) groups excluding carboxylic acids is 2. The number of hydrogen-bond acceptors (Lipinski definition) is 4. The molecule has 0 saturated carbocycles. The Morgan fingerprint density at radius 1 is 1.12 bits per heavy atom. The summed E-state index contributed by atoms with van der Waals surface area (Å²) in [6, 6.07) is 14.7. The number of anilines is 2. The van der Waals surface area contributed by atoms with Gasteiger partial charge in [0.15, 0.2) is 0 Å². The van der Waals surface area contributed by atoms with Crippen LogP contribution in [0.5, 0.6) is 0 Å². The summed E-state index contributed by atoms with van der Waals surface area (Å²) < 4.78 is 0. The molecule has 136 valence electrons. The molecule has 26 heavy (non-hydrogen) atoms. The first kappa shape index (κ1) is 17.9. The molecule has 2 aromatic carbocycles. The Bertz CT molecular complexity index is 785. The molecule has 2 amide bonds. The molecule has 6 heteroatoms. The van der Waals surface area contributed by atoms with Gasteiger partial charge in [-0.3, -0.25) is 14.8 Å². The van der Waals surface area contributed by atoms with Gasteiger partial charge < -0.3 is 10.2 Å². The van der Waals surface area contributed by atoms with Gasteiger partial charge in [0.25, 0.3) is 5.91 Å². The molecule has 1 aliphatic heterocycles. The van der Waals surface area contributed by atoms with E-state index >= 15 is 0 Å². The maximum absolute atomic E-state index is 12.3. The lowest BCUT2D eigenvalue weighted by atomic mass is 10.0. The van der Waals surface area contributed by atoms with Crippen LogP contribution < -0.4 is 15.7 Å². The van der Waals surface area contributed by atoms with Gasteiger partial charge in [-0.2, -0.15) is 0 Å². The van der Waals surface area contributed by atoms with E-state index in [0.717, 1.165) is 11.4 Å². The molecule has 1 atom stereocenters. The average Bonchev–Trinajstić information content (AvgIpc) is 3.08. The molecule has 1 aliphatic rings. The van der Waals surface area contributed by atoms with Crippen LogP contribution in [0, 0.1) is 0 Å². The Morgan fingerprint density at radius 3 is 2.15 bits per heavy atom. The maximum atomic E-state index is 12.3. The second-order valence-corrected chi connectivity index (χ2v) is 6.70. The fraction of sp³-hybridized carbons (Fsp3) is 0.300. The Hall–Kier alpha value is -2.86. The molecular formula is C20H23N3O3. The summed E-state index contributed by atoms with van der Waals surface area (Å²) in [5.41, 5.74) is 4.95. The first-order valence-corrected chi connectivity index (χ1v) is 8.72. The van der Waals surface area contributed by atoms with Crippen LogP contribution in [0.4, 0.5) is 11.4 Å². The van der Waals surface area contributed by atoms with E-state index in [1.165, 1.54) is 5.56 Å². The molecule has 3 N–H and O–H groups in total. The van der Waals surface area contributed by atoms with Crippen molar-refractivity contribution in [2.45, 2.75) is 32.2 Å². The second kappa shape index (κ2) is 7.58. The van der Waals surface area contributed by atoms with E-state index in [1.54, 1.807) is 29.7 Å². The Kier molecular flexibility index (Phi) is 5.23. The standard InChI is InChI=1S/C20H23N3O3/c1-13(2)14-3-7-16(8-4-14)23(18-11-12-21-20(18)25)17-9-5-15(6-10-17)19(24)22-26/h3-10,13,18,26H,11-12H2,1-2H3,(H,21,25)(H,22,24). The minimum Gasteiger partial charge on any atom is -0.354 e. The third-order valence-corrected chi connectivity index (χ3v) is 4.68. The number of benzene rings is 2. The van der Waals surface area contributed by atoms with E-state index in [1.807, 2.05) is 17.0 Å². The smallest absolute Gasteiger partial charge is 0.274 e. The van der Waals surface area contributed by atoms with Crippen molar-refractivity contribution in [2.75, 3.05) is 11.4 Å². The van der Waals surface area contributed by atoms with Crippen molar-refractivity contribution < 1.29 is 14.8 Å². The number of carbonyl (C=O) groups is 2. The SMILES string of the molecule is CC(C)c1ccc(N(c2ccc(C(=O)NO)cc2)C2CCNC2=O)cc1. The summed E-state index contributed by atoms with van der Waals surface area (Å²) in [5, 5.41) is 11.6. The number of rotatable bonds is 5. The van der Waals surface area contributed by atoms with Gasteiger partial charge in [-0.1, -0.05) is 26.0 Å². The van der Waals surface area contributed by atoms with Gasteiger partial charge >= 0.3 is 0 Å². The van der Waals surface area contributed by atoms with Gasteiger partial charge in [-0.05, 0) is 54.3 Å². The Morgan fingerprint density at radius 2 is 1.69 bits per heavy atom. The van der Waals surface area contributed by atoms with E-state index in [-0.39, 0.29) is 11.9 Å². The molecule has 3 rings (SSSR count). The van der Waals surface area contributed by atoms with Crippen molar-refractivity contribution in [1.82, 2.24) is 10.8 Å². The van der Waals surface area contributed by atoms with Crippen molar-refractivity contribution in [2.24, 2.45) is 0 Å². The zero-order valence-corrected chi connectivity index (χ0v) is 14.9. The molecule has 0 bridgehead atoms. The number of nitrogens with one attached hydrogen (secondary N) is 2. The van der Waals surface area contributed by atoms with Crippen LogP contribution in [-0.4, -0.2) is 29.6 Å². The number of hydroxylamine groups is 1. The van der Waals surface area contributed by atoms with E-state index < -0.39 is 5.91 Å². The number of nitrogens with zero attached hydrogens (tertiary/aromatic N) is 1. The summed E-state index contributed by atoms with van der Waals surface area (Å²) in [4.78, 5) is 25.8. The van der Waals surface area contributed by atoms with Gasteiger partial charge in [0.1, 0.15) is 6.04 Å². The van der Waals surface area contributed by atoms with Crippen LogP contribution in [0.2, 0.25) is 0 Å². The normalized spacial score (nSPS) is 16.5. The monoisotopic (exact) mass is 353 g/mol. The van der Waals surface area contributed by atoms with E-state index in [0.29, 0.717) is 24.4 Å². The number of amides is 2. The summed E-state index contributed by atoms with van der Waals surface area (Å²) in [6.07, 6.45) is 0.712. The zero-order valence-electron chi connectivity index (χ0n) is 14.9. The lowest BCUT2D eigenvalue weighted by Crippen LogP contribution is -2.37. The van der Waals surface area contributed by atoms with Crippen molar-refractivity contribution in [1.29, 1.82) is 0 Å². The van der Waals surface area contributed by atoms with Gasteiger partial charge in [-0.15, -0.1) is 0 Å². The number of hydrogen-bond donors (Lipinski definition) is 3. The fourth-order valence-corrected chi connectivity index (χ4v) is 3.19. The first-order chi connectivity index (χ1) is 12.5. The van der Waals surface area contributed by atoms with Gasteiger partial charge in [-0.25, -0.2) is 5.48 Å². The predicted octanol–water partition coefficient (Wildman–Crippen LogP) is 2.96. The van der Waals surface area contributed by atoms with Crippen molar-refractivity contribution in [3.8, 4) is 0 Å². The Balaban J connectivity index is 1.98. The minimum atomic E-state index is -0.567. The third kappa shape index (κ3) is 3.55. The largest absolute Gasteiger partial charge is 0.354 e. The Labute approximate surface area is 152 Å². The second-order valence-electron chi connectivity index (χ2n) is 6.70. The predicted molar refractivity (Wildman–Crippen MR) is 99.8 cm³/mol. The van der Waals surface area contributed by atoms with Crippen molar-refractivity contribution >= 4 is 23.2 Å². The molecule has 1 unspecified atom stereocenters. The fourth-order valence-electron chi connectivity index (χ4n) is 3.19. The lowest BCUT2D eigenvalue weighted by Gasteiger charge is -2.30. The topological polar surface area (TPSA) is 81.7 Å². The molecule has 0 aromatic heterocycles. The molecule has 6 nitrogen and oxygen atoms in total. The molecule has 1 heterocycles. The summed E-state index contributed by atoms with van der Waals surface area (Å²) in [5.74, 6) is -0.137. The first-order valence-electron chi connectivity index (χ1n) is 8.72. The van der Waals surface area contributed by atoms with Crippen LogP contribution in [0.15, 0.2) is 48.5 Å². The molecule has 1 fully saturated rings. The highest BCUT2D eigenvalue weighted by molar-refractivity contribution is 5.94. The van der Waals surface area contributed by atoms with Crippen LogP contribution >= 0.6 is 0 Å². The van der Waals surface area contributed by atoms with E-state index in [2.05, 4.69) is 31.3 Å². The van der Waals surface area contributed by atoms with Gasteiger partial charge in [0, 0.05) is 23.5 Å². The van der Waals surface area contributed by atoms with Crippen LogP contribution in [0.25, 0.3) is 0 Å². The van der Waals surface area contributed by atoms with Crippen LogP contribution in [0.3, 0.4) is 0 Å². The van der Waals surface area contributed by atoms with Gasteiger partial charge in [0.2, 0.25) is 5.91 Å². The molecule has 1 saturated heterocycles. The maximum Gasteiger partial charge on any atom is 0.274 e. The third-order valence-electron chi connectivity index (χ3n) is 4.68. The van der Waals surface area contributed by atoms with E-state index in [4.69, 9.17) is 5.21 Å². The highest BCUT2D eigenvalue weighted by atomic mass is 16.5. The summed E-state index contributed by atoms with van der Waals surface area (Å²) in [7, 11) is 0. The lowest BCUT2D eigenvalue weighted by molar-refractivity contribution is -0.120. The molecule has 0 spiro atoms. The average molecular weight is 353 g/mol. The summed E-state index contributed by atoms with van der Waals surface area (Å²) >= 11 is 0. The van der Waals surface area contributed by atoms with Crippen LogP contribution in [-0.2, 0) is 4.79 Å². The summed E-state index contributed by atoms with van der Waals surface area (Å²) in [6.45, 7) is 4.93. The highest BCUT2D eigenvalue weighted by Gasteiger charge is 2.31. The molecule has 0 aliphatic carbocycles. The zero-order chi connectivity index (χ0) is 18.7. The quantitative estimate of drug-likeness (QED) is 0.570. The van der Waals surface area contributed by atoms with Gasteiger partial charge in [0.05, 0.1) is 0 Å². The van der Waals surface area contributed by atoms with Crippen LogP contribution in [0.1, 0.15) is 42.1 Å².